The van der Waals surface area contributed by atoms with Crippen molar-refractivity contribution in [2.45, 2.75) is 68.5 Å². The van der Waals surface area contributed by atoms with E-state index in [0.717, 1.165) is 37.8 Å². The Labute approximate surface area is 193 Å². The van der Waals surface area contributed by atoms with Crippen molar-refractivity contribution < 1.29 is 9.18 Å². The van der Waals surface area contributed by atoms with Gasteiger partial charge >= 0.3 is 0 Å². The molecule has 0 radical (unpaired) electrons. The molecule has 3 unspecified atom stereocenters. The van der Waals surface area contributed by atoms with E-state index < -0.39 is 6.17 Å². The molecule has 4 aliphatic rings. The van der Waals surface area contributed by atoms with Crippen LogP contribution in [0.15, 0.2) is 24.3 Å². The number of benzene rings is 1. The number of nitrogens with zero attached hydrogens (tertiary/aromatic N) is 3. The molecular formula is C23H30ClFN6O. The van der Waals surface area contributed by atoms with Crippen LogP contribution in [0.25, 0.3) is 0 Å². The molecular weight excluding hydrogens is 431 g/mol. The van der Waals surface area contributed by atoms with Gasteiger partial charge in [-0.2, -0.15) is 5.26 Å². The van der Waals surface area contributed by atoms with E-state index in [2.05, 4.69) is 32.0 Å². The maximum atomic E-state index is 13.4. The SMILES string of the molecule is N#CCC1(N2NC(Nc3ccc(Cl)cc3)C3C(=O)NCCC32)CCC(N2CC(F)C2)CC1. The maximum Gasteiger partial charge on any atom is 0.228 e. The maximum absolute atomic E-state index is 13.4. The highest BCUT2D eigenvalue weighted by molar-refractivity contribution is 6.30. The monoisotopic (exact) mass is 460 g/mol. The summed E-state index contributed by atoms with van der Waals surface area (Å²) in [6, 6.07) is 10.3. The summed E-state index contributed by atoms with van der Waals surface area (Å²) in [6.45, 7) is 1.72. The third kappa shape index (κ3) is 3.96. The van der Waals surface area contributed by atoms with Gasteiger partial charge in [0.05, 0.1) is 18.4 Å². The Morgan fingerprint density at radius 3 is 2.59 bits per heavy atom. The Hall–Kier alpha value is -1.92. The predicted octanol–water partition coefficient (Wildman–Crippen LogP) is 2.65. The lowest BCUT2D eigenvalue weighted by molar-refractivity contribution is -0.128. The lowest BCUT2D eigenvalue weighted by atomic mass is 9.74. The van der Waals surface area contributed by atoms with Gasteiger partial charge in [0.25, 0.3) is 0 Å². The molecule has 4 fully saturated rings. The van der Waals surface area contributed by atoms with E-state index in [9.17, 15) is 14.4 Å². The second-order valence-corrected chi connectivity index (χ2v) is 10.1. The Morgan fingerprint density at radius 1 is 1.22 bits per heavy atom. The zero-order valence-electron chi connectivity index (χ0n) is 18.1. The van der Waals surface area contributed by atoms with Crippen LogP contribution < -0.4 is 16.1 Å². The molecule has 1 amide bonds. The molecule has 1 saturated carbocycles. The van der Waals surface area contributed by atoms with Crippen molar-refractivity contribution >= 4 is 23.2 Å². The molecule has 3 saturated heterocycles. The summed E-state index contributed by atoms with van der Waals surface area (Å²) >= 11 is 6.03. The Bertz CT molecular complexity index is 877. The van der Waals surface area contributed by atoms with Gasteiger partial charge in [-0.05, 0) is 56.4 Å². The fourth-order valence-electron chi connectivity index (χ4n) is 6.05. The van der Waals surface area contributed by atoms with Crippen molar-refractivity contribution in [1.29, 1.82) is 5.26 Å². The number of fused-ring (bicyclic) bond motifs is 1. The van der Waals surface area contributed by atoms with Crippen LogP contribution in [-0.2, 0) is 4.79 Å². The number of anilines is 1. The van der Waals surface area contributed by atoms with Crippen LogP contribution in [-0.4, -0.2) is 65.4 Å². The summed E-state index contributed by atoms with van der Waals surface area (Å²) in [7, 11) is 0. The van der Waals surface area contributed by atoms with Crippen LogP contribution in [0.2, 0.25) is 5.02 Å². The Kier molecular flexibility index (Phi) is 6.01. The van der Waals surface area contributed by atoms with Crippen LogP contribution in [0, 0.1) is 17.2 Å². The summed E-state index contributed by atoms with van der Waals surface area (Å²) in [4.78, 5) is 15.1. The van der Waals surface area contributed by atoms with E-state index in [4.69, 9.17) is 11.6 Å². The van der Waals surface area contributed by atoms with Gasteiger partial charge in [-0.25, -0.2) is 14.8 Å². The number of nitriles is 1. The van der Waals surface area contributed by atoms with Crippen LogP contribution in [0.3, 0.4) is 0 Å². The van der Waals surface area contributed by atoms with Crippen LogP contribution in [0.4, 0.5) is 10.1 Å². The number of rotatable bonds is 5. The lowest BCUT2D eigenvalue weighted by Gasteiger charge is -2.51. The van der Waals surface area contributed by atoms with Crippen LogP contribution >= 0.6 is 11.6 Å². The van der Waals surface area contributed by atoms with Gasteiger partial charge in [-0.15, -0.1) is 0 Å². The van der Waals surface area contributed by atoms with Crippen molar-refractivity contribution in [3.05, 3.63) is 29.3 Å². The summed E-state index contributed by atoms with van der Waals surface area (Å²) in [5, 5.41) is 19.1. The third-order valence-electron chi connectivity index (χ3n) is 7.78. The largest absolute Gasteiger partial charge is 0.368 e. The highest BCUT2D eigenvalue weighted by Gasteiger charge is 2.55. The molecule has 1 aromatic rings. The van der Waals surface area contributed by atoms with E-state index >= 15 is 0 Å². The summed E-state index contributed by atoms with van der Waals surface area (Å²) in [5.41, 5.74) is 4.18. The number of piperidine rings is 1. The molecule has 3 atom stereocenters. The van der Waals surface area contributed by atoms with Gasteiger partial charge in [0.2, 0.25) is 5.91 Å². The standard InChI is InChI=1S/C23H30ClFN6O/c24-15-1-3-17(4-2-15)28-21-20-19(7-12-27-22(20)32)31(29-21)23(10-11-26)8-5-18(6-9-23)30-13-16(25)14-30/h1-4,16,18-21,28-29H,5-10,12-14H2,(H,27,32). The topological polar surface area (TPSA) is 83.4 Å². The first-order valence-electron chi connectivity index (χ1n) is 11.6. The highest BCUT2D eigenvalue weighted by atomic mass is 35.5. The first kappa shape index (κ1) is 21.9. The molecule has 32 heavy (non-hydrogen) atoms. The molecule has 7 nitrogen and oxygen atoms in total. The quantitative estimate of drug-likeness (QED) is 0.626. The second-order valence-electron chi connectivity index (χ2n) is 9.64. The van der Waals surface area contributed by atoms with Crippen molar-refractivity contribution in [3.8, 4) is 6.07 Å². The summed E-state index contributed by atoms with van der Waals surface area (Å²) in [5.74, 6) is -0.214. The first-order chi connectivity index (χ1) is 15.5. The molecule has 172 valence electrons. The third-order valence-corrected chi connectivity index (χ3v) is 8.03. The molecule has 3 heterocycles. The molecule has 1 aliphatic carbocycles. The average Bonchev–Trinajstić information content (AvgIpc) is 3.14. The number of hydrazine groups is 1. The number of amides is 1. The molecule has 1 aromatic carbocycles. The van der Waals surface area contributed by atoms with Crippen molar-refractivity contribution in [2.24, 2.45) is 5.92 Å². The van der Waals surface area contributed by atoms with Gasteiger partial charge in [-0.1, -0.05) is 11.6 Å². The zero-order valence-corrected chi connectivity index (χ0v) is 18.8. The van der Waals surface area contributed by atoms with Gasteiger partial charge < -0.3 is 10.6 Å². The number of hydrogen-bond donors (Lipinski definition) is 3. The van der Waals surface area contributed by atoms with Gasteiger partial charge in [0.1, 0.15) is 12.3 Å². The van der Waals surface area contributed by atoms with Gasteiger partial charge in [0, 0.05) is 48.0 Å². The number of carbonyl (C=O) groups excluding carboxylic acids is 1. The summed E-state index contributed by atoms with van der Waals surface area (Å²) in [6.07, 6.45) is 3.93. The van der Waals surface area contributed by atoms with Crippen molar-refractivity contribution in [2.75, 3.05) is 25.0 Å². The molecule has 0 spiro atoms. The van der Waals surface area contributed by atoms with E-state index in [0.29, 0.717) is 37.1 Å². The molecule has 3 N–H and O–H groups in total. The number of carbonyl (C=O) groups is 1. The normalized spacial score (nSPS) is 36.1. The number of nitrogens with one attached hydrogen (secondary N) is 3. The Morgan fingerprint density at radius 2 is 1.94 bits per heavy atom. The minimum atomic E-state index is -0.692. The lowest BCUT2D eigenvalue weighted by Crippen LogP contribution is -2.62. The highest BCUT2D eigenvalue weighted by Crippen LogP contribution is 2.44. The fourth-order valence-corrected chi connectivity index (χ4v) is 6.18. The smallest absolute Gasteiger partial charge is 0.228 e. The molecule has 3 aliphatic heterocycles. The minimum absolute atomic E-state index is 0.0256. The van der Waals surface area contributed by atoms with Crippen LogP contribution in [0.5, 0.6) is 0 Å². The molecule has 0 bridgehead atoms. The number of halogens is 2. The van der Waals surface area contributed by atoms with Gasteiger partial charge in [0.15, 0.2) is 0 Å². The van der Waals surface area contributed by atoms with E-state index in [-0.39, 0.29) is 29.6 Å². The zero-order chi connectivity index (χ0) is 22.3. The number of hydrogen-bond acceptors (Lipinski definition) is 6. The average molecular weight is 461 g/mol. The number of alkyl halides is 1. The molecule has 5 rings (SSSR count). The fraction of sp³-hybridized carbons (Fsp3) is 0.652. The van der Waals surface area contributed by atoms with E-state index in [1.165, 1.54) is 0 Å². The first-order valence-corrected chi connectivity index (χ1v) is 12.0. The van der Waals surface area contributed by atoms with Crippen molar-refractivity contribution in [1.82, 2.24) is 20.7 Å². The second kappa shape index (κ2) is 8.79. The van der Waals surface area contributed by atoms with Crippen molar-refractivity contribution in [3.63, 3.8) is 0 Å². The molecule has 0 aromatic heterocycles. The van der Waals surface area contributed by atoms with E-state index in [1.807, 2.05) is 24.3 Å². The van der Waals surface area contributed by atoms with E-state index in [1.54, 1.807) is 0 Å². The Balaban J connectivity index is 1.36. The summed E-state index contributed by atoms with van der Waals surface area (Å²) < 4.78 is 13.4. The van der Waals surface area contributed by atoms with Crippen LogP contribution in [0.1, 0.15) is 38.5 Å². The molecule has 9 heteroatoms. The predicted molar refractivity (Wildman–Crippen MR) is 120 cm³/mol. The number of likely N-dealkylation sites (tertiary alicyclic amines) is 1. The van der Waals surface area contributed by atoms with Gasteiger partial charge in [-0.3, -0.25) is 9.69 Å². The minimum Gasteiger partial charge on any atom is -0.368 e.